The van der Waals surface area contributed by atoms with Crippen LogP contribution in [0, 0.1) is 10.1 Å². The second kappa shape index (κ2) is 8.23. The average Bonchev–Trinajstić information content (AvgIpc) is 3.34. The van der Waals surface area contributed by atoms with Gasteiger partial charge in [0.2, 0.25) is 0 Å². The molecule has 30 heavy (non-hydrogen) atoms. The smallest absolute Gasteiger partial charge is 0.308 e. The van der Waals surface area contributed by atoms with Crippen molar-refractivity contribution in [2.24, 2.45) is 0 Å². The van der Waals surface area contributed by atoms with Crippen LogP contribution in [0.3, 0.4) is 0 Å². The lowest BCUT2D eigenvalue weighted by Gasteiger charge is -2.04. The summed E-state index contributed by atoms with van der Waals surface area (Å²) < 4.78 is 0.581. The first kappa shape index (κ1) is 19.4. The number of thiazole rings is 2. The largest absolute Gasteiger partial charge is 0.325 e. The Morgan fingerprint density at radius 1 is 0.967 bits per heavy atom. The lowest BCUT2D eigenvalue weighted by molar-refractivity contribution is -0.384. The third-order valence-corrected chi connectivity index (χ3v) is 5.48. The van der Waals surface area contributed by atoms with Gasteiger partial charge >= 0.3 is 6.03 Å². The molecule has 0 atom stereocenters. The van der Waals surface area contributed by atoms with E-state index < -0.39 is 16.9 Å². The van der Waals surface area contributed by atoms with E-state index in [-0.39, 0.29) is 16.5 Å². The topological polar surface area (TPSA) is 139 Å². The van der Waals surface area contributed by atoms with Gasteiger partial charge in [-0.2, -0.15) is 0 Å². The Hall–Kier alpha value is -3.90. The molecule has 10 nitrogen and oxygen atoms in total. The number of fused-ring (bicyclic) bond motifs is 1. The molecule has 0 aliphatic carbocycles. The van der Waals surface area contributed by atoms with Crippen molar-refractivity contribution in [3.8, 4) is 0 Å². The molecule has 0 radical (unpaired) electrons. The molecule has 2 aromatic heterocycles. The van der Waals surface area contributed by atoms with Gasteiger partial charge in [-0.15, -0.1) is 11.3 Å². The van der Waals surface area contributed by atoms with Crippen LogP contribution in [0.1, 0.15) is 10.5 Å². The number of nitro groups is 1. The van der Waals surface area contributed by atoms with Crippen LogP contribution in [0.25, 0.3) is 10.2 Å². The van der Waals surface area contributed by atoms with E-state index in [1.54, 1.807) is 24.3 Å². The molecule has 0 saturated heterocycles. The number of benzene rings is 2. The van der Waals surface area contributed by atoms with E-state index in [0.717, 1.165) is 22.7 Å². The summed E-state index contributed by atoms with van der Waals surface area (Å²) in [5.41, 5.74) is 1.23. The van der Waals surface area contributed by atoms with Crippen molar-refractivity contribution in [2.75, 3.05) is 16.0 Å². The van der Waals surface area contributed by atoms with Crippen LogP contribution in [0.2, 0.25) is 0 Å². The molecule has 2 heterocycles. The lowest BCUT2D eigenvalue weighted by atomic mass is 10.3. The first-order valence-corrected chi connectivity index (χ1v) is 10.1. The van der Waals surface area contributed by atoms with Crippen LogP contribution in [-0.4, -0.2) is 26.8 Å². The molecule has 0 saturated carbocycles. The summed E-state index contributed by atoms with van der Waals surface area (Å²) in [4.78, 5) is 43.2. The number of nitro benzene ring substituents is 1. The van der Waals surface area contributed by atoms with Gasteiger partial charge in [0, 0.05) is 23.2 Å². The SMILES string of the molecule is O=C(Nc1ccccc1)Nc1nc(C(=O)Nc2nc3ccc([N+](=O)[O-])cc3s2)cs1. The summed E-state index contributed by atoms with van der Waals surface area (Å²) in [5, 5.41) is 20.8. The third kappa shape index (κ3) is 4.39. The predicted molar refractivity (Wildman–Crippen MR) is 115 cm³/mol. The normalized spacial score (nSPS) is 10.5. The summed E-state index contributed by atoms with van der Waals surface area (Å²) in [6.45, 7) is 0. The Balaban J connectivity index is 1.41. The minimum absolute atomic E-state index is 0.0481. The van der Waals surface area contributed by atoms with Crippen LogP contribution in [-0.2, 0) is 0 Å². The molecule has 0 aliphatic rings. The highest BCUT2D eigenvalue weighted by Crippen LogP contribution is 2.29. The van der Waals surface area contributed by atoms with Gasteiger partial charge in [0.25, 0.3) is 11.6 Å². The van der Waals surface area contributed by atoms with Gasteiger partial charge in [-0.25, -0.2) is 14.8 Å². The molecule has 0 bridgehead atoms. The summed E-state index contributed by atoms with van der Waals surface area (Å²) in [6, 6.07) is 12.7. The number of nitrogens with one attached hydrogen (secondary N) is 3. The average molecular weight is 440 g/mol. The Morgan fingerprint density at radius 3 is 2.53 bits per heavy atom. The first-order valence-electron chi connectivity index (χ1n) is 8.43. The lowest BCUT2D eigenvalue weighted by Crippen LogP contribution is -2.19. The van der Waals surface area contributed by atoms with Gasteiger partial charge in [-0.1, -0.05) is 29.5 Å². The minimum Gasteiger partial charge on any atom is -0.308 e. The van der Waals surface area contributed by atoms with E-state index in [1.165, 1.54) is 23.6 Å². The second-order valence-electron chi connectivity index (χ2n) is 5.87. The molecule has 12 heteroatoms. The second-order valence-corrected chi connectivity index (χ2v) is 7.75. The Bertz CT molecular complexity index is 1250. The van der Waals surface area contributed by atoms with E-state index >= 15 is 0 Å². The van der Waals surface area contributed by atoms with E-state index in [9.17, 15) is 19.7 Å². The number of aromatic nitrogens is 2. The summed E-state index contributed by atoms with van der Waals surface area (Å²) in [7, 11) is 0. The maximum atomic E-state index is 12.4. The van der Waals surface area contributed by atoms with Crippen molar-refractivity contribution < 1.29 is 14.5 Å². The predicted octanol–water partition coefficient (Wildman–Crippen LogP) is 4.56. The van der Waals surface area contributed by atoms with Gasteiger partial charge in [-0.05, 0) is 18.2 Å². The molecule has 0 unspecified atom stereocenters. The molecular weight excluding hydrogens is 428 g/mol. The number of hydrogen-bond acceptors (Lipinski definition) is 8. The molecule has 4 rings (SSSR count). The number of rotatable bonds is 5. The van der Waals surface area contributed by atoms with E-state index in [4.69, 9.17) is 0 Å². The zero-order valence-corrected chi connectivity index (χ0v) is 16.6. The number of hydrogen-bond donors (Lipinski definition) is 3. The number of anilines is 3. The number of carbonyl (C=O) groups is 2. The van der Waals surface area contributed by atoms with Crippen molar-refractivity contribution in [1.82, 2.24) is 9.97 Å². The van der Waals surface area contributed by atoms with E-state index in [0.29, 0.717) is 21.0 Å². The first-order chi connectivity index (χ1) is 14.5. The fraction of sp³-hybridized carbons (Fsp3) is 0. The maximum absolute atomic E-state index is 12.4. The fourth-order valence-corrected chi connectivity index (χ4v) is 4.04. The highest BCUT2D eigenvalue weighted by atomic mass is 32.1. The van der Waals surface area contributed by atoms with Crippen LogP contribution >= 0.6 is 22.7 Å². The van der Waals surface area contributed by atoms with Gasteiger partial charge in [0.15, 0.2) is 10.3 Å². The van der Waals surface area contributed by atoms with Crippen LogP contribution < -0.4 is 16.0 Å². The van der Waals surface area contributed by atoms with E-state index in [2.05, 4.69) is 25.9 Å². The van der Waals surface area contributed by atoms with Gasteiger partial charge < -0.3 is 5.32 Å². The quantitative estimate of drug-likeness (QED) is 0.307. The molecular formula is C18H12N6O4S2. The number of para-hydroxylation sites is 1. The standard InChI is InChI=1S/C18H12N6O4S2/c25-15(22-18-20-12-7-6-11(24(27)28)8-14(12)30-18)13-9-29-17(21-13)23-16(26)19-10-4-2-1-3-5-10/h1-9H,(H,20,22,25)(H2,19,21,23,26). The Kier molecular flexibility index (Phi) is 5.32. The van der Waals surface area contributed by atoms with Crippen molar-refractivity contribution in [2.45, 2.75) is 0 Å². The van der Waals surface area contributed by atoms with Gasteiger partial charge in [-0.3, -0.25) is 25.5 Å². The number of non-ortho nitro benzene ring substituents is 1. The molecule has 3 amide bonds. The molecule has 3 N–H and O–H groups in total. The zero-order chi connectivity index (χ0) is 21.1. The number of amides is 3. The van der Waals surface area contributed by atoms with Gasteiger partial charge in [0.1, 0.15) is 5.69 Å². The van der Waals surface area contributed by atoms with Crippen molar-refractivity contribution in [1.29, 1.82) is 0 Å². The number of urea groups is 1. The molecule has 4 aromatic rings. The summed E-state index contributed by atoms with van der Waals surface area (Å²) in [6.07, 6.45) is 0. The molecule has 0 spiro atoms. The van der Waals surface area contributed by atoms with E-state index in [1.807, 2.05) is 6.07 Å². The fourth-order valence-electron chi connectivity index (χ4n) is 2.46. The van der Waals surface area contributed by atoms with Crippen LogP contribution in [0.15, 0.2) is 53.9 Å². The highest BCUT2D eigenvalue weighted by molar-refractivity contribution is 7.22. The number of nitrogens with zero attached hydrogens (tertiary/aromatic N) is 3. The molecule has 150 valence electrons. The van der Waals surface area contributed by atoms with Gasteiger partial charge in [0.05, 0.1) is 15.1 Å². The molecule has 2 aromatic carbocycles. The van der Waals surface area contributed by atoms with Crippen molar-refractivity contribution in [3.63, 3.8) is 0 Å². The monoisotopic (exact) mass is 440 g/mol. The third-order valence-electron chi connectivity index (χ3n) is 3.79. The highest BCUT2D eigenvalue weighted by Gasteiger charge is 2.16. The van der Waals surface area contributed by atoms with Crippen LogP contribution in [0.4, 0.5) is 26.4 Å². The van der Waals surface area contributed by atoms with Crippen molar-refractivity contribution in [3.05, 3.63) is 69.7 Å². The summed E-state index contributed by atoms with van der Waals surface area (Å²) in [5.74, 6) is -0.503. The minimum atomic E-state index is -0.503. The maximum Gasteiger partial charge on any atom is 0.325 e. The Labute approximate surface area is 176 Å². The number of carbonyl (C=O) groups excluding carboxylic acids is 2. The summed E-state index contributed by atoms with van der Waals surface area (Å²) >= 11 is 2.22. The molecule has 0 fully saturated rings. The van der Waals surface area contributed by atoms with Crippen LogP contribution in [0.5, 0.6) is 0 Å². The zero-order valence-electron chi connectivity index (χ0n) is 15.0. The Morgan fingerprint density at radius 2 is 1.77 bits per heavy atom. The van der Waals surface area contributed by atoms with Crippen molar-refractivity contribution >= 4 is 66.5 Å². The molecule has 0 aliphatic heterocycles.